The summed E-state index contributed by atoms with van der Waals surface area (Å²) in [5, 5.41) is 17.2. The van der Waals surface area contributed by atoms with Gasteiger partial charge >= 0.3 is 6.09 Å². The number of nitrogens with zero attached hydrogens (tertiary/aromatic N) is 2. The smallest absolute Gasteiger partial charge is 0.404 e. The van der Waals surface area contributed by atoms with E-state index in [0.29, 0.717) is 24.8 Å². The fraction of sp³-hybridized carbons (Fsp3) is 0.583. The normalized spacial score (nSPS) is 18.0. The van der Waals surface area contributed by atoms with Gasteiger partial charge in [-0.15, -0.1) is 12.4 Å². The number of nitrogens with one attached hydrogen (secondary N) is 2. The maximum absolute atomic E-state index is 11.4. The van der Waals surface area contributed by atoms with Gasteiger partial charge < -0.3 is 20.3 Å². The highest BCUT2D eigenvalue weighted by molar-refractivity contribution is 5.91. The Morgan fingerprint density at radius 2 is 2.33 bits per heavy atom. The van der Waals surface area contributed by atoms with Crippen LogP contribution in [-0.4, -0.2) is 53.8 Å². The minimum atomic E-state index is -0.992. The first-order valence-electron chi connectivity index (χ1n) is 6.45. The van der Waals surface area contributed by atoms with Crippen LogP contribution in [0.2, 0.25) is 0 Å². The van der Waals surface area contributed by atoms with Gasteiger partial charge in [-0.3, -0.25) is 9.69 Å². The van der Waals surface area contributed by atoms with E-state index in [-0.39, 0.29) is 24.0 Å². The summed E-state index contributed by atoms with van der Waals surface area (Å²) in [4.78, 5) is 23.9. The highest BCUT2D eigenvalue weighted by Gasteiger charge is 2.24. The van der Waals surface area contributed by atoms with E-state index in [0.717, 1.165) is 19.5 Å². The zero-order chi connectivity index (χ0) is 14.5. The summed E-state index contributed by atoms with van der Waals surface area (Å²) in [7, 11) is 1.54. The van der Waals surface area contributed by atoms with Crippen LogP contribution in [0.3, 0.4) is 0 Å². The highest BCUT2D eigenvalue weighted by atomic mass is 35.5. The molecule has 1 aromatic rings. The van der Waals surface area contributed by atoms with E-state index in [1.54, 1.807) is 6.07 Å². The van der Waals surface area contributed by atoms with Crippen LogP contribution in [0, 0.1) is 5.92 Å². The van der Waals surface area contributed by atoms with Gasteiger partial charge in [-0.25, -0.2) is 4.79 Å². The minimum Gasteiger partial charge on any atom is -0.465 e. The second-order valence-corrected chi connectivity index (χ2v) is 4.83. The molecule has 1 saturated heterocycles. The SMILES string of the molecule is CNC(=O)c1cc(CN2CCC(CNC(=O)O)C2)on1.Cl. The number of hydrogen-bond donors (Lipinski definition) is 3. The first-order valence-corrected chi connectivity index (χ1v) is 6.45. The van der Waals surface area contributed by atoms with Crippen LogP contribution in [0.1, 0.15) is 22.7 Å². The average Bonchev–Trinajstić information content (AvgIpc) is 3.05. The summed E-state index contributed by atoms with van der Waals surface area (Å²) in [5.41, 5.74) is 0.269. The van der Waals surface area contributed by atoms with Crippen LogP contribution < -0.4 is 10.6 Å². The van der Waals surface area contributed by atoms with Crippen molar-refractivity contribution in [2.45, 2.75) is 13.0 Å². The number of carbonyl (C=O) groups excluding carboxylic acids is 1. The first kappa shape index (κ1) is 17.3. The van der Waals surface area contributed by atoms with Crippen molar-refractivity contribution in [1.82, 2.24) is 20.7 Å². The summed E-state index contributed by atoms with van der Waals surface area (Å²) in [6, 6.07) is 1.63. The summed E-state index contributed by atoms with van der Waals surface area (Å²) in [6.07, 6.45) is -0.0506. The molecule has 8 nitrogen and oxygen atoms in total. The molecule has 1 fully saturated rings. The average molecular weight is 319 g/mol. The summed E-state index contributed by atoms with van der Waals surface area (Å²) >= 11 is 0. The van der Waals surface area contributed by atoms with Gasteiger partial charge in [-0.1, -0.05) is 5.16 Å². The van der Waals surface area contributed by atoms with Crippen LogP contribution >= 0.6 is 12.4 Å². The molecule has 9 heteroatoms. The molecule has 2 heterocycles. The summed E-state index contributed by atoms with van der Waals surface area (Å²) < 4.78 is 5.12. The Labute approximate surface area is 128 Å². The van der Waals surface area contributed by atoms with Gasteiger partial charge in [0, 0.05) is 26.2 Å². The summed E-state index contributed by atoms with van der Waals surface area (Å²) in [6.45, 7) is 2.72. The number of likely N-dealkylation sites (tertiary alicyclic amines) is 1. The molecule has 0 radical (unpaired) electrons. The van der Waals surface area contributed by atoms with Crippen molar-refractivity contribution >= 4 is 24.4 Å². The lowest BCUT2D eigenvalue weighted by Crippen LogP contribution is -2.29. The van der Waals surface area contributed by atoms with Crippen LogP contribution in [0.25, 0.3) is 0 Å². The molecular formula is C12H19ClN4O4. The van der Waals surface area contributed by atoms with Gasteiger partial charge in [0.25, 0.3) is 5.91 Å². The van der Waals surface area contributed by atoms with Crippen LogP contribution in [0.5, 0.6) is 0 Å². The lowest BCUT2D eigenvalue weighted by Gasteiger charge is -2.13. The molecule has 118 valence electrons. The minimum absolute atomic E-state index is 0. The zero-order valence-corrected chi connectivity index (χ0v) is 12.5. The van der Waals surface area contributed by atoms with Gasteiger partial charge in [-0.05, 0) is 18.9 Å². The molecule has 0 aromatic carbocycles. The fourth-order valence-corrected chi connectivity index (χ4v) is 2.30. The molecule has 0 aliphatic carbocycles. The maximum Gasteiger partial charge on any atom is 0.404 e. The molecular weight excluding hydrogens is 300 g/mol. The summed E-state index contributed by atoms with van der Waals surface area (Å²) in [5.74, 6) is 0.674. The third kappa shape index (κ3) is 4.91. The van der Waals surface area contributed by atoms with E-state index in [4.69, 9.17) is 9.63 Å². The Morgan fingerprint density at radius 3 is 3.00 bits per heavy atom. The fourth-order valence-electron chi connectivity index (χ4n) is 2.30. The van der Waals surface area contributed by atoms with Gasteiger partial charge in [0.2, 0.25) is 0 Å². The number of amides is 2. The van der Waals surface area contributed by atoms with Crippen molar-refractivity contribution in [3.05, 3.63) is 17.5 Å². The van der Waals surface area contributed by atoms with E-state index < -0.39 is 6.09 Å². The molecule has 1 atom stereocenters. The molecule has 3 N–H and O–H groups in total. The number of hydrogen-bond acceptors (Lipinski definition) is 5. The van der Waals surface area contributed by atoms with E-state index in [1.807, 2.05) is 0 Å². The third-order valence-electron chi connectivity index (χ3n) is 3.31. The van der Waals surface area contributed by atoms with Crippen molar-refractivity contribution in [1.29, 1.82) is 0 Å². The Morgan fingerprint density at radius 1 is 1.57 bits per heavy atom. The van der Waals surface area contributed by atoms with Crippen LogP contribution in [-0.2, 0) is 6.54 Å². The quantitative estimate of drug-likeness (QED) is 0.731. The third-order valence-corrected chi connectivity index (χ3v) is 3.31. The topological polar surface area (TPSA) is 108 Å². The number of rotatable bonds is 5. The van der Waals surface area contributed by atoms with Gasteiger partial charge in [-0.2, -0.15) is 0 Å². The first-order chi connectivity index (χ1) is 9.58. The predicted octanol–water partition coefficient (Wildman–Crippen LogP) is 0.545. The van der Waals surface area contributed by atoms with Crippen molar-refractivity contribution in [3.8, 4) is 0 Å². The lowest BCUT2D eigenvalue weighted by molar-refractivity contribution is 0.0954. The maximum atomic E-state index is 11.4. The van der Waals surface area contributed by atoms with Gasteiger partial charge in [0.15, 0.2) is 11.5 Å². The molecule has 0 bridgehead atoms. The number of carboxylic acid groups (broad SMARTS) is 1. The van der Waals surface area contributed by atoms with E-state index in [9.17, 15) is 9.59 Å². The molecule has 0 spiro atoms. The van der Waals surface area contributed by atoms with Gasteiger partial charge in [0.05, 0.1) is 6.54 Å². The van der Waals surface area contributed by atoms with Gasteiger partial charge in [0.1, 0.15) is 0 Å². The predicted molar refractivity (Wildman–Crippen MR) is 76.6 cm³/mol. The van der Waals surface area contributed by atoms with Crippen molar-refractivity contribution in [2.24, 2.45) is 5.92 Å². The number of carbonyl (C=O) groups is 2. The van der Waals surface area contributed by atoms with Crippen LogP contribution in [0.15, 0.2) is 10.6 Å². The Balaban J connectivity index is 0.00000220. The van der Waals surface area contributed by atoms with Crippen molar-refractivity contribution in [2.75, 3.05) is 26.7 Å². The molecule has 21 heavy (non-hydrogen) atoms. The molecule has 0 saturated carbocycles. The molecule has 1 unspecified atom stereocenters. The molecule has 1 aromatic heterocycles. The molecule has 2 amide bonds. The second kappa shape index (κ2) is 7.84. The lowest BCUT2D eigenvalue weighted by atomic mass is 10.1. The van der Waals surface area contributed by atoms with Crippen LogP contribution in [0.4, 0.5) is 4.79 Å². The largest absolute Gasteiger partial charge is 0.465 e. The highest BCUT2D eigenvalue weighted by Crippen LogP contribution is 2.18. The molecule has 1 aliphatic heterocycles. The Kier molecular flexibility index (Phi) is 6.44. The second-order valence-electron chi connectivity index (χ2n) is 4.83. The Hall–Kier alpha value is -1.80. The monoisotopic (exact) mass is 318 g/mol. The molecule has 1 aliphatic rings. The van der Waals surface area contributed by atoms with E-state index >= 15 is 0 Å². The Bertz CT molecular complexity index is 493. The number of halogens is 1. The zero-order valence-electron chi connectivity index (χ0n) is 11.7. The van der Waals surface area contributed by atoms with E-state index in [2.05, 4.69) is 20.7 Å². The van der Waals surface area contributed by atoms with Crippen molar-refractivity contribution < 1.29 is 19.2 Å². The van der Waals surface area contributed by atoms with Crippen molar-refractivity contribution in [3.63, 3.8) is 0 Å². The number of aromatic nitrogens is 1. The van der Waals surface area contributed by atoms with E-state index in [1.165, 1.54) is 7.05 Å². The molecule has 2 rings (SSSR count). The standard InChI is InChI=1S/C12H18N4O4.ClH/c1-13-11(17)10-4-9(20-15-10)7-16-3-2-8(6-16)5-14-12(18)19;/h4,8,14H,2-3,5-7H2,1H3,(H,13,17)(H,18,19);1H.